The summed E-state index contributed by atoms with van der Waals surface area (Å²) in [6.07, 6.45) is -4.89. The Morgan fingerprint density at radius 3 is 2.50 bits per heavy atom. The molecule has 36 heavy (non-hydrogen) atoms. The number of morpholine rings is 1. The van der Waals surface area contributed by atoms with Gasteiger partial charge < -0.3 is 26.0 Å². The van der Waals surface area contributed by atoms with Crippen molar-refractivity contribution in [2.45, 2.75) is 26.1 Å². The first-order valence-corrected chi connectivity index (χ1v) is 11.3. The third-order valence-corrected chi connectivity index (χ3v) is 5.99. The number of aryl methyl sites for hydroxylation is 1. The average molecular weight is 507 g/mol. The lowest BCUT2D eigenvalue weighted by Crippen LogP contribution is -2.40. The fourth-order valence-electron chi connectivity index (χ4n) is 4.20. The van der Waals surface area contributed by atoms with E-state index in [-0.39, 0.29) is 23.0 Å². The van der Waals surface area contributed by atoms with Crippen LogP contribution in [0.5, 0.6) is 0 Å². The van der Waals surface area contributed by atoms with E-state index in [1.54, 1.807) is 31.0 Å². The van der Waals surface area contributed by atoms with E-state index in [1.807, 2.05) is 0 Å². The Bertz CT molecular complexity index is 1310. The maximum absolute atomic E-state index is 14.8. The van der Waals surface area contributed by atoms with Crippen LogP contribution in [0.2, 0.25) is 0 Å². The van der Waals surface area contributed by atoms with E-state index in [4.69, 9.17) is 10.5 Å². The number of anilines is 3. The quantitative estimate of drug-likeness (QED) is 0.349. The number of aromatic nitrogens is 2. The van der Waals surface area contributed by atoms with E-state index in [9.17, 15) is 22.4 Å². The largest absolute Gasteiger partial charge is 0.419 e. The number of carbonyl (C=O) groups excluding carboxylic acids is 1. The smallest absolute Gasteiger partial charge is 0.399 e. The Balaban J connectivity index is 1.75. The molecule has 1 fully saturated rings. The van der Waals surface area contributed by atoms with E-state index >= 15 is 0 Å². The summed E-state index contributed by atoms with van der Waals surface area (Å²) in [7, 11) is 1.67. The zero-order valence-corrected chi connectivity index (χ0v) is 20.0. The van der Waals surface area contributed by atoms with Gasteiger partial charge in [-0.2, -0.15) is 13.2 Å². The molecule has 1 amide bonds. The molecule has 1 aromatic heterocycles. The van der Waals surface area contributed by atoms with Gasteiger partial charge >= 0.3 is 6.18 Å². The molecule has 1 aliphatic rings. The van der Waals surface area contributed by atoms with Crippen LogP contribution in [0.1, 0.15) is 40.3 Å². The Labute approximate surface area is 204 Å². The molecule has 4 N–H and O–H groups in total. The summed E-state index contributed by atoms with van der Waals surface area (Å²) in [5.41, 5.74) is 5.15. The number of fused-ring (bicyclic) bond motifs is 1. The number of hydrogen-bond donors (Lipinski definition) is 3. The molecule has 2 heterocycles. The maximum atomic E-state index is 14.8. The lowest BCUT2D eigenvalue weighted by atomic mass is 10.0. The normalized spacial score (nSPS) is 15.1. The second-order valence-electron chi connectivity index (χ2n) is 8.52. The van der Waals surface area contributed by atoms with Crippen molar-refractivity contribution >= 4 is 34.0 Å². The molecule has 0 spiro atoms. The van der Waals surface area contributed by atoms with Crippen molar-refractivity contribution in [2.24, 2.45) is 0 Å². The fourth-order valence-corrected chi connectivity index (χ4v) is 4.20. The van der Waals surface area contributed by atoms with Crippen LogP contribution in [0.15, 0.2) is 24.3 Å². The van der Waals surface area contributed by atoms with Gasteiger partial charge in [-0.1, -0.05) is 0 Å². The molecular weight excluding hydrogens is 480 g/mol. The highest BCUT2D eigenvalue weighted by molar-refractivity contribution is 6.05. The van der Waals surface area contributed by atoms with Crippen LogP contribution in [0, 0.1) is 12.7 Å². The molecule has 2 aromatic carbocycles. The molecule has 3 aromatic rings. The van der Waals surface area contributed by atoms with Gasteiger partial charge in [-0.05, 0) is 38.1 Å². The van der Waals surface area contributed by atoms with Crippen LogP contribution >= 0.6 is 0 Å². The zero-order chi connectivity index (χ0) is 26.2. The maximum Gasteiger partial charge on any atom is 0.419 e. The first-order chi connectivity index (χ1) is 17.0. The molecule has 0 radical (unpaired) electrons. The van der Waals surface area contributed by atoms with Gasteiger partial charge in [-0.3, -0.25) is 4.79 Å². The summed E-state index contributed by atoms with van der Waals surface area (Å²) in [6.45, 7) is 5.01. The van der Waals surface area contributed by atoms with Crippen LogP contribution < -0.4 is 16.4 Å². The fraction of sp³-hybridized carbons (Fsp3) is 0.375. The number of nitrogens with one attached hydrogen (secondary N) is 2. The molecule has 0 saturated carbocycles. The number of rotatable bonds is 5. The molecule has 8 nitrogen and oxygen atoms in total. The molecule has 0 bridgehead atoms. The van der Waals surface area contributed by atoms with E-state index in [0.717, 1.165) is 6.07 Å². The number of benzene rings is 2. The van der Waals surface area contributed by atoms with Crippen molar-refractivity contribution in [3.05, 3.63) is 52.6 Å². The number of hydrogen-bond acceptors (Lipinski definition) is 7. The number of amides is 1. The Morgan fingerprint density at radius 2 is 1.86 bits per heavy atom. The predicted molar refractivity (Wildman–Crippen MR) is 128 cm³/mol. The summed E-state index contributed by atoms with van der Waals surface area (Å²) in [5.74, 6) is -0.934. The van der Waals surface area contributed by atoms with E-state index in [2.05, 4.69) is 20.6 Å². The second kappa shape index (κ2) is 9.76. The van der Waals surface area contributed by atoms with E-state index < -0.39 is 23.6 Å². The van der Waals surface area contributed by atoms with Gasteiger partial charge in [0, 0.05) is 42.5 Å². The Hall–Kier alpha value is -3.67. The van der Waals surface area contributed by atoms with Gasteiger partial charge in [-0.15, -0.1) is 0 Å². The van der Waals surface area contributed by atoms with Crippen molar-refractivity contribution in [1.82, 2.24) is 14.9 Å². The summed E-state index contributed by atoms with van der Waals surface area (Å²) in [5, 5.41) is 6.52. The molecular formula is C24H26F4N6O2. The number of nitrogen functional groups attached to an aromatic ring is 1. The summed E-state index contributed by atoms with van der Waals surface area (Å²) < 4.78 is 60.0. The standard InChI is InChI=1S/C24H26F4N6O2/c1-12(15-8-14(29)9-18(21(15)25)24(26,27)28)31-22-16-10-19(30-3)17(11-20(16)32-13(2)33-22)23(35)34-4-6-36-7-5-34/h8-12,30H,4-7,29H2,1-3H3,(H,31,32,33)/t12-/m1/s1. The first-order valence-electron chi connectivity index (χ1n) is 11.3. The molecule has 4 rings (SSSR count). The third-order valence-electron chi connectivity index (χ3n) is 5.99. The van der Waals surface area contributed by atoms with Crippen LogP contribution in [-0.2, 0) is 10.9 Å². The SMILES string of the molecule is CNc1cc2c(N[C@H](C)c3cc(N)cc(C(F)(F)F)c3F)nc(C)nc2cc1C(=O)N1CCOCC1. The zero-order valence-electron chi connectivity index (χ0n) is 20.0. The summed E-state index contributed by atoms with van der Waals surface area (Å²) in [4.78, 5) is 23.7. The number of halogens is 4. The van der Waals surface area contributed by atoms with Gasteiger partial charge in [0.2, 0.25) is 0 Å². The number of carbonyl (C=O) groups is 1. The number of nitrogens with two attached hydrogens (primary N) is 1. The predicted octanol–water partition coefficient (Wildman–Crippen LogP) is 4.37. The van der Waals surface area contributed by atoms with Crippen molar-refractivity contribution in [3.8, 4) is 0 Å². The van der Waals surface area contributed by atoms with Gasteiger partial charge in [0.25, 0.3) is 5.91 Å². The van der Waals surface area contributed by atoms with Crippen molar-refractivity contribution < 1.29 is 27.1 Å². The second-order valence-corrected chi connectivity index (χ2v) is 8.52. The van der Waals surface area contributed by atoms with E-state index in [0.29, 0.717) is 60.3 Å². The first kappa shape index (κ1) is 25.4. The summed E-state index contributed by atoms with van der Waals surface area (Å²) in [6, 6.07) is 4.15. The molecule has 192 valence electrons. The molecule has 0 unspecified atom stereocenters. The third kappa shape index (κ3) is 4.99. The van der Waals surface area contributed by atoms with Crippen molar-refractivity contribution in [3.63, 3.8) is 0 Å². The molecule has 1 saturated heterocycles. The highest BCUT2D eigenvalue weighted by Crippen LogP contribution is 2.37. The minimum atomic E-state index is -4.89. The monoisotopic (exact) mass is 506 g/mol. The molecule has 1 aliphatic heterocycles. The average Bonchev–Trinajstić information content (AvgIpc) is 2.83. The van der Waals surface area contributed by atoms with Gasteiger partial charge in [0.15, 0.2) is 0 Å². The van der Waals surface area contributed by atoms with Crippen molar-refractivity contribution in [1.29, 1.82) is 0 Å². The Kier molecular flexibility index (Phi) is 6.90. The highest BCUT2D eigenvalue weighted by Gasteiger charge is 2.36. The lowest BCUT2D eigenvalue weighted by Gasteiger charge is -2.27. The van der Waals surface area contributed by atoms with Crippen molar-refractivity contribution in [2.75, 3.05) is 49.7 Å². The number of ether oxygens (including phenoxy) is 1. The highest BCUT2D eigenvalue weighted by atomic mass is 19.4. The van der Waals surface area contributed by atoms with Gasteiger partial charge in [0.05, 0.1) is 35.9 Å². The number of alkyl halides is 3. The van der Waals surface area contributed by atoms with Crippen LogP contribution in [0.3, 0.4) is 0 Å². The van der Waals surface area contributed by atoms with E-state index in [1.165, 1.54) is 6.92 Å². The van der Waals surface area contributed by atoms with Gasteiger partial charge in [-0.25, -0.2) is 14.4 Å². The Morgan fingerprint density at radius 1 is 1.17 bits per heavy atom. The van der Waals surface area contributed by atoms with Crippen LogP contribution in [0.4, 0.5) is 34.8 Å². The topological polar surface area (TPSA) is 105 Å². The lowest BCUT2D eigenvalue weighted by molar-refractivity contribution is -0.140. The summed E-state index contributed by atoms with van der Waals surface area (Å²) >= 11 is 0. The van der Waals surface area contributed by atoms with Crippen LogP contribution in [0.25, 0.3) is 10.9 Å². The van der Waals surface area contributed by atoms with Crippen LogP contribution in [-0.4, -0.2) is 54.1 Å². The minimum absolute atomic E-state index is 0.176. The number of nitrogens with zero attached hydrogens (tertiary/aromatic N) is 3. The van der Waals surface area contributed by atoms with Gasteiger partial charge in [0.1, 0.15) is 17.5 Å². The molecule has 12 heteroatoms. The minimum Gasteiger partial charge on any atom is -0.399 e. The molecule has 1 atom stereocenters. The molecule has 0 aliphatic carbocycles.